The Morgan fingerprint density at radius 1 is 1.33 bits per heavy atom. The largest absolute Gasteiger partial charge is 0.354 e. The smallest absolute Gasteiger partial charge is 0.262 e. The number of carbonyl (C=O) groups is 1. The van der Waals surface area contributed by atoms with Gasteiger partial charge in [-0.2, -0.15) is 0 Å². The molecule has 0 fully saturated rings. The molecule has 1 aromatic heterocycles. The van der Waals surface area contributed by atoms with E-state index in [0.29, 0.717) is 4.88 Å². The van der Waals surface area contributed by atoms with E-state index in [0.717, 1.165) is 10.6 Å². The fourth-order valence-corrected chi connectivity index (χ4v) is 2.10. The Labute approximate surface area is 108 Å². The van der Waals surface area contributed by atoms with Gasteiger partial charge >= 0.3 is 0 Å². The molecule has 0 atom stereocenters. The number of rotatable bonds is 3. The van der Waals surface area contributed by atoms with Crippen LogP contribution in [0.1, 0.15) is 20.2 Å². The van der Waals surface area contributed by atoms with E-state index in [9.17, 15) is 9.18 Å². The van der Waals surface area contributed by atoms with Gasteiger partial charge in [0.1, 0.15) is 15.7 Å². The third-order valence-electron chi connectivity index (χ3n) is 2.26. The zero-order chi connectivity index (χ0) is 13.0. The maximum absolute atomic E-state index is 12.7. The van der Waals surface area contributed by atoms with Crippen LogP contribution in [0.2, 0.25) is 0 Å². The SMILES string of the molecule is CNC(=O)c1cnc(/C=C\c2ccc(F)cc2)s1. The van der Waals surface area contributed by atoms with E-state index < -0.39 is 0 Å². The molecular weight excluding hydrogens is 251 g/mol. The van der Waals surface area contributed by atoms with Gasteiger partial charge in [0.2, 0.25) is 0 Å². The summed E-state index contributed by atoms with van der Waals surface area (Å²) in [5, 5.41) is 3.27. The molecule has 0 saturated heterocycles. The van der Waals surface area contributed by atoms with Crippen LogP contribution in [0.3, 0.4) is 0 Å². The maximum atomic E-state index is 12.7. The lowest BCUT2D eigenvalue weighted by Crippen LogP contribution is -2.16. The lowest BCUT2D eigenvalue weighted by atomic mass is 10.2. The Kier molecular flexibility index (Phi) is 3.84. The molecule has 2 rings (SSSR count). The van der Waals surface area contributed by atoms with Crippen LogP contribution in [-0.2, 0) is 0 Å². The van der Waals surface area contributed by atoms with Crippen LogP contribution in [-0.4, -0.2) is 17.9 Å². The molecule has 1 amide bonds. The summed E-state index contributed by atoms with van der Waals surface area (Å²) in [5.41, 5.74) is 0.882. The van der Waals surface area contributed by atoms with E-state index in [2.05, 4.69) is 10.3 Å². The molecule has 0 unspecified atom stereocenters. The van der Waals surface area contributed by atoms with Crippen molar-refractivity contribution in [2.24, 2.45) is 0 Å². The molecule has 0 radical (unpaired) electrons. The van der Waals surface area contributed by atoms with Crippen molar-refractivity contribution in [3.05, 3.63) is 51.7 Å². The average Bonchev–Trinajstić information content (AvgIpc) is 2.86. The van der Waals surface area contributed by atoms with Gasteiger partial charge in [0.15, 0.2) is 0 Å². The molecule has 5 heteroatoms. The molecule has 0 saturated carbocycles. The van der Waals surface area contributed by atoms with Crippen molar-refractivity contribution in [2.45, 2.75) is 0 Å². The van der Waals surface area contributed by atoms with Gasteiger partial charge < -0.3 is 5.32 Å². The first-order valence-corrected chi connectivity index (χ1v) is 6.12. The van der Waals surface area contributed by atoms with Crippen LogP contribution >= 0.6 is 11.3 Å². The van der Waals surface area contributed by atoms with Crippen molar-refractivity contribution in [2.75, 3.05) is 7.05 Å². The zero-order valence-electron chi connectivity index (χ0n) is 9.68. The number of benzene rings is 1. The van der Waals surface area contributed by atoms with Crippen molar-refractivity contribution in [3.8, 4) is 0 Å². The maximum Gasteiger partial charge on any atom is 0.262 e. The standard InChI is InChI=1S/C13H11FN2OS/c1-15-13(17)11-8-16-12(18-11)7-4-9-2-5-10(14)6-3-9/h2-8H,1H3,(H,15,17)/b7-4-. The number of nitrogens with one attached hydrogen (secondary N) is 1. The zero-order valence-corrected chi connectivity index (χ0v) is 10.5. The Balaban J connectivity index is 2.11. The predicted molar refractivity (Wildman–Crippen MR) is 70.8 cm³/mol. The van der Waals surface area contributed by atoms with Gasteiger partial charge in [0.25, 0.3) is 5.91 Å². The molecule has 18 heavy (non-hydrogen) atoms. The molecule has 1 heterocycles. The van der Waals surface area contributed by atoms with Crippen LogP contribution in [0.25, 0.3) is 12.2 Å². The van der Waals surface area contributed by atoms with E-state index in [1.807, 2.05) is 6.08 Å². The summed E-state index contributed by atoms with van der Waals surface area (Å²) in [6.45, 7) is 0. The highest BCUT2D eigenvalue weighted by Crippen LogP contribution is 2.16. The Bertz CT molecular complexity index is 575. The van der Waals surface area contributed by atoms with Gasteiger partial charge in [0, 0.05) is 7.05 Å². The van der Waals surface area contributed by atoms with E-state index in [4.69, 9.17) is 0 Å². The highest BCUT2D eigenvalue weighted by molar-refractivity contribution is 7.14. The summed E-state index contributed by atoms with van der Waals surface area (Å²) in [6.07, 6.45) is 5.16. The fourth-order valence-electron chi connectivity index (χ4n) is 1.33. The third-order valence-corrected chi connectivity index (χ3v) is 3.22. The van der Waals surface area contributed by atoms with Crippen LogP contribution in [0, 0.1) is 5.82 Å². The van der Waals surface area contributed by atoms with Crippen molar-refractivity contribution in [1.29, 1.82) is 0 Å². The van der Waals surface area contributed by atoms with Gasteiger partial charge in [-0.05, 0) is 23.8 Å². The first-order valence-electron chi connectivity index (χ1n) is 5.30. The second-order valence-corrected chi connectivity index (χ2v) is 4.59. The summed E-state index contributed by atoms with van der Waals surface area (Å²) in [7, 11) is 1.58. The third kappa shape index (κ3) is 3.01. The highest BCUT2D eigenvalue weighted by Gasteiger charge is 2.06. The topological polar surface area (TPSA) is 42.0 Å². The number of hydrogen-bond acceptors (Lipinski definition) is 3. The van der Waals surface area contributed by atoms with Gasteiger partial charge in [0.05, 0.1) is 6.20 Å². The van der Waals surface area contributed by atoms with Gasteiger partial charge in [-0.3, -0.25) is 4.79 Å². The van der Waals surface area contributed by atoms with Crippen molar-refractivity contribution >= 4 is 29.4 Å². The predicted octanol–water partition coefficient (Wildman–Crippen LogP) is 2.81. The van der Waals surface area contributed by atoms with E-state index in [1.165, 1.54) is 29.7 Å². The first-order chi connectivity index (χ1) is 8.69. The number of amides is 1. The van der Waals surface area contributed by atoms with Crippen molar-refractivity contribution in [1.82, 2.24) is 10.3 Å². The van der Waals surface area contributed by atoms with Crippen LogP contribution in [0.4, 0.5) is 4.39 Å². The molecule has 1 N–H and O–H groups in total. The van der Waals surface area contributed by atoms with Crippen LogP contribution in [0.5, 0.6) is 0 Å². The van der Waals surface area contributed by atoms with Crippen LogP contribution < -0.4 is 5.32 Å². The Hall–Kier alpha value is -2.01. The monoisotopic (exact) mass is 262 g/mol. The molecule has 92 valence electrons. The summed E-state index contributed by atoms with van der Waals surface area (Å²) in [6, 6.07) is 6.16. The van der Waals surface area contributed by atoms with E-state index >= 15 is 0 Å². The number of thiazole rings is 1. The number of carbonyl (C=O) groups excluding carboxylic acids is 1. The molecule has 1 aromatic carbocycles. The highest BCUT2D eigenvalue weighted by atomic mass is 32.1. The van der Waals surface area contributed by atoms with Gasteiger partial charge in [-0.1, -0.05) is 18.2 Å². The molecule has 3 nitrogen and oxygen atoms in total. The molecule has 0 bridgehead atoms. The van der Waals surface area contributed by atoms with E-state index in [1.54, 1.807) is 25.3 Å². The molecular formula is C13H11FN2OS. The minimum absolute atomic E-state index is 0.145. The van der Waals surface area contributed by atoms with Crippen molar-refractivity contribution in [3.63, 3.8) is 0 Å². The lowest BCUT2D eigenvalue weighted by molar-refractivity contribution is 0.0967. The molecule has 0 aliphatic heterocycles. The van der Waals surface area contributed by atoms with Gasteiger partial charge in [-0.25, -0.2) is 9.37 Å². The number of nitrogens with zero attached hydrogens (tertiary/aromatic N) is 1. The summed E-state index contributed by atoms with van der Waals surface area (Å²) < 4.78 is 12.7. The number of aromatic nitrogens is 1. The molecule has 0 spiro atoms. The number of halogens is 1. The van der Waals surface area contributed by atoms with E-state index in [-0.39, 0.29) is 11.7 Å². The quantitative estimate of drug-likeness (QED) is 0.924. The summed E-state index contributed by atoms with van der Waals surface area (Å²) >= 11 is 1.30. The van der Waals surface area contributed by atoms with Gasteiger partial charge in [-0.15, -0.1) is 11.3 Å². The molecule has 0 aliphatic rings. The minimum atomic E-state index is -0.261. The fraction of sp³-hybridized carbons (Fsp3) is 0.0769. The second kappa shape index (κ2) is 5.55. The second-order valence-electron chi connectivity index (χ2n) is 3.53. The number of hydrogen-bond donors (Lipinski definition) is 1. The first kappa shape index (κ1) is 12.4. The summed E-state index contributed by atoms with van der Waals surface area (Å²) in [5.74, 6) is -0.405. The minimum Gasteiger partial charge on any atom is -0.354 e. The molecule has 0 aliphatic carbocycles. The molecule has 2 aromatic rings. The average molecular weight is 262 g/mol. The van der Waals surface area contributed by atoms with Crippen LogP contribution in [0.15, 0.2) is 30.5 Å². The Morgan fingerprint density at radius 3 is 2.72 bits per heavy atom. The summed E-state index contributed by atoms with van der Waals surface area (Å²) in [4.78, 5) is 16.0. The normalized spacial score (nSPS) is 10.8. The Morgan fingerprint density at radius 2 is 2.06 bits per heavy atom. The van der Waals surface area contributed by atoms with Crippen molar-refractivity contribution < 1.29 is 9.18 Å². The lowest BCUT2D eigenvalue weighted by Gasteiger charge is -1.92.